The molecule has 20 heavy (non-hydrogen) atoms. The predicted octanol–water partition coefficient (Wildman–Crippen LogP) is 3.58. The Morgan fingerprint density at radius 3 is 3.00 bits per heavy atom. The Hall–Kier alpha value is -1.33. The van der Waals surface area contributed by atoms with E-state index in [-0.39, 0.29) is 16.7 Å². The number of halogens is 1. The van der Waals surface area contributed by atoms with Crippen molar-refractivity contribution in [3.05, 3.63) is 33.3 Å². The van der Waals surface area contributed by atoms with Crippen LogP contribution in [-0.4, -0.2) is 23.6 Å². The van der Waals surface area contributed by atoms with E-state index in [2.05, 4.69) is 10.6 Å². The summed E-state index contributed by atoms with van der Waals surface area (Å²) in [4.78, 5) is 10.6. The van der Waals surface area contributed by atoms with Crippen LogP contribution in [0, 0.1) is 10.1 Å². The molecule has 1 aliphatic rings. The van der Waals surface area contributed by atoms with Gasteiger partial charge in [0.15, 0.2) is 0 Å². The maximum absolute atomic E-state index is 11.0. The SMILES string of the molecule is CC(CC1CCCCN1)Nc1cc(Cl)ccc1[N+](=O)[O-]. The highest BCUT2D eigenvalue weighted by Crippen LogP contribution is 2.28. The summed E-state index contributed by atoms with van der Waals surface area (Å²) in [5, 5.41) is 18.2. The summed E-state index contributed by atoms with van der Waals surface area (Å²) >= 11 is 5.92. The minimum atomic E-state index is -0.385. The molecule has 6 heteroatoms. The molecular formula is C14H20ClN3O2. The first-order valence-electron chi connectivity index (χ1n) is 7.00. The number of hydrogen-bond donors (Lipinski definition) is 2. The number of nitro benzene ring substituents is 1. The van der Waals surface area contributed by atoms with Crippen LogP contribution in [0.4, 0.5) is 11.4 Å². The van der Waals surface area contributed by atoms with Crippen LogP contribution < -0.4 is 10.6 Å². The summed E-state index contributed by atoms with van der Waals surface area (Å²) in [6.07, 6.45) is 4.60. The third-order valence-corrected chi connectivity index (χ3v) is 3.84. The molecule has 1 fully saturated rings. The van der Waals surface area contributed by atoms with Gasteiger partial charge in [-0.3, -0.25) is 10.1 Å². The summed E-state index contributed by atoms with van der Waals surface area (Å²) in [6, 6.07) is 5.24. The number of nitro groups is 1. The molecule has 0 amide bonds. The van der Waals surface area contributed by atoms with E-state index in [1.165, 1.54) is 31.4 Å². The molecule has 2 unspecified atom stereocenters. The van der Waals surface area contributed by atoms with Gasteiger partial charge in [-0.2, -0.15) is 0 Å². The van der Waals surface area contributed by atoms with Crippen LogP contribution in [0.25, 0.3) is 0 Å². The molecule has 0 radical (unpaired) electrons. The van der Waals surface area contributed by atoms with Gasteiger partial charge in [-0.15, -0.1) is 0 Å². The number of anilines is 1. The van der Waals surface area contributed by atoms with Crippen LogP contribution in [0.2, 0.25) is 5.02 Å². The largest absolute Gasteiger partial charge is 0.377 e. The minimum Gasteiger partial charge on any atom is -0.377 e. The molecule has 2 atom stereocenters. The van der Waals surface area contributed by atoms with Crippen LogP contribution in [0.3, 0.4) is 0 Å². The highest BCUT2D eigenvalue weighted by atomic mass is 35.5. The van der Waals surface area contributed by atoms with Crippen molar-refractivity contribution in [1.29, 1.82) is 0 Å². The van der Waals surface area contributed by atoms with E-state index < -0.39 is 0 Å². The number of nitrogens with zero attached hydrogens (tertiary/aromatic N) is 1. The zero-order chi connectivity index (χ0) is 14.5. The maximum Gasteiger partial charge on any atom is 0.292 e. The van der Waals surface area contributed by atoms with Crippen molar-refractivity contribution in [3.63, 3.8) is 0 Å². The van der Waals surface area contributed by atoms with Gasteiger partial charge in [0.25, 0.3) is 5.69 Å². The Labute approximate surface area is 123 Å². The molecule has 2 rings (SSSR count). The lowest BCUT2D eigenvalue weighted by atomic mass is 9.98. The molecule has 1 aliphatic heterocycles. The van der Waals surface area contributed by atoms with E-state index in [4.69, 9.17) is 11.6 Å². The second-order valence-corrected chi connectivity index (χ2v) is 5.78. The van der Waals surface area contributed by atoms with Gasteiger partial charge in [-0.25, -0.2) is 0 Å². The zero-order valence-electron chi connectivity index (χ0n) is 11.6. The quantitative estimate of drug-likeness (QED) is 0.644. The molecule has 1 aromatic carbocycles. The minimum absolute atomic E-state index is 0.0675. The first-order chi connectivity index (χ1) is 9.56. The number of hydrogen-bond acceptors (Lipinski definition) is 4. The van der Waals surface area contributed by atoms with Gasteiger partial charge in [0.05, 0.1) is 4.92 Å². The molecule has 0 saturated carbocycles. The molecule has 0 spiro atoms. The number of piperidine rings is 1. The molecule has 0 aliphatic carbocycles. The van der Waals surface area contributed by atoms with Crippen molar-refractivity contribution in [2.24, 2.45) is 0 Å². The van der Waals surface area contributed by atoms with Gasteiger partial charge in [-0.05, 0) is 44.9 Å². The Bertz CT molecular complexity index is 475. The molecule has 5 nitrogen and oxygen atoms in total. The van der Waals surface area contributed by atoms with E-state index in [0.717, 1.165) is 13.0 Å². The fourth-order valence-electron chi connectivity index (χ4n) is 2.66. The first-order valence-corrected chi connectivity index (χ1v) is 7.38. The maximum atomic E-state index is 11.0. The number of rotatable bonds is 5. The lowest BCUT2D eigenvalue weighted by Crippen LogP contribution is -2.37. The Morgan fingerprint density at radius 2 is 2.35 bits per heavy atom. The summed E-state index contributed by atoms with van der Waals surface area (Å²) in [6.45, 7) is 3.11. The van der Waals surface area contributed by atoms with Crippen molar-refractivity contribution in [1.82, 2.24) is 5.32 Å². The van der Waals surface area contributed by atoms with Crippen molar-refractivity contribution < 1.29 is 4.92 Å². The fraction of sp³-hybridized carbons (Fsp3) is 0.571. The smallest absolute Gasteiger partial charge is 0.292 e. The molecule has 0 bridgehead atoms. The van der Waals surface area contributed by atoms with Gasteiger partial charge in [0.2, 0.25) is 0 Å². The second kappa shape index (κ2) is 6.90. The molecular weight excluding hydrogens is 278 g/mol. The molecule has 0 aromatic heterocycles. The average Bonchev–Trinajstić information content (AvgIpc) is 2.39. The average molecular weight is 298 g/mol. The van der Waals surface area contributed by atoms with E-state index in [0.29, 0.717) is 16.8 Å². The van der Waals surface area contributed by atoms with Crippen LogP contribution >= 0.6 is 11.6 Å². The van der Waals surface area contributed by atoms with Crippen molar-refractivity contribution in [3.8, 4) is 0 Å². The van der Waals surface area contributed by atoms with Gasteiger partial charge in [0, 0.05) is 23.2 Å². The summed E-state index contributed by atoms with van der Waals surface area (Å²) in [7, 11) is 0. The third-order valence-electron chi connectivity index (χ3n) is 3.61. The van der Waals surface area contributed by atoms with E-state index >= 15 is 0 Å². The van der Waals surface area contributed by atoms with Gasteiger partial charge in [-0.1, -0.05) is 18.0 Å². The molecule has 1 saturated heterocycles. The summed E-state index contributed by atoms with van der Waals surface area (Å²) < 4.78 is 0. The Kier molecular flexibility index (Phi) is 5.20. The highest BCUT2D eigenvalue weighted by Gasteiger charge is 2.19. The van der Waals surface area contributed by atoms with Crippen LogP contribution in [0.15, 0.2) is 18.2 Å². The summed E-state index contributed by atoms with van der Waals surface area (Å²) in [5.41, 5.74) is 0.559. The van der Waals surface area contributed by atoms with Crippen LogP contribution in [-0.2, 0) is 0 Å². The topological polar surface area (TPSA) is 67.2 Å². The lowest BCUT2D eigenvalue weighted by Gasteiger charge is -2.27. The molecule has 1 heterocycles. The zero-order valence-corrected chi connectivity index (χ0v) is 12.3. The van der Waals surface area contributed by atoms with E-state index in [1.54, 1.807) is 6.07 Å². The van der Waals surface area contributed by atoms with Crippen molar-refractivity contribution in [2.75, 3.05) is 11.9 Å². The lowest BCUT2D eigenvalue weighted by molar-refractivity contribution is -0.384. The van der Waals surface area contributed by atoms with Crippen LogP contribution in [0.5, 0.6) is 0 Å². The van der Waals surface area contributed by atoms with Crippen LogP contribution in [0.1, 0.15) is 32.6 Å². The number of benzene rings is 1. The van der Waals surface area contributed by atoms with Gasteiger partial charge >= 0.3 is 0 Å². The van der Waals surface area contributed by atoms with Crippen molar-refractivity contribution >= 4 is 23.0 Å². The molecule has 110 valence electrons. The summed E-state index contributed by atoms with van der Waals surface area (Å²) in [5.74, 6) is 0. The van der Waals surface area contributed by atoms with Gasteiger partial charge < -0.3 is 10.6 Å². The normalized spacial score (nSPS) is 20.4. The van der Waals surface area contributed by atoms with Gasteiger partial charge in [0.1, 0.15) is 5.69 Å². The van der Waals surface area contributed by atoms with E-state index in [9.17, 15) is 10.1 Å². The monoisotopic (exact) mass is 297 g/mol. The fourth-order valence-corrected chi connectivity index (χ4v) is 2.83. The first kappa shape index (κ1) is 15.1. The Morgan fingerprint density at radius 1 is 1.55 bits per heavy atom. The van der Waals surface area contributed by atoms with Crippen molar-refractivity contribution in [2.45, 2.75) is 44.7 Å². The number of nitrogens with one attached hydrogen (secondary N) is 2. The Balaban J connectivity index is 2.00. The van der Waals surface area contributed by atoms with E-state index in [1.807, 2.05) is 6.92 Å². The highest BCUT2D eigenvalue weighted by molar-refractivity contribution is 6.31. The standard InChI is InChI=1S/C14H20ClN3O2/c1-10(8-12-4-2-3-7-16-12)17-13-9-11(15)5-6-14(13)18(19)20/h5-6,9-10,12,16-17H,2-4,7-8H2,1H3. The predicted molar refractivity (Wildman–Crippen MR) is 81.4 cm³/mol. The molecule has 1 aromatic rings. The molecule has 2 N–H and O–H groups in total. The third kappa shape index (κ3) is 4.08. The second-order valence-electron chi connectivity index (χ2n) is 5.35.